The first-order valence-electron chi connectivity index (χ1n) is 7.91. The van der Waals surface area contributed by atoms with E-state index >= 15 is 0 Å². The highest BCUT2D eigenvalue weighted by Gasteiger charge is 2.15. The predicted molar refractivity (Wildman–Crippen MR) is 98.2 cm³/mol. The van der Waals surface area contributed by atoms with Gasteiger partial charge in [0.05, 0.1) is 0 Å². The van der Waals surface area contributed by atoms with Crippen molar-refractivity contribution in [3.63, 3.8) is 0 Å². The van der Waals surface area contributed by atoms with E-state index in [1.54, 1.807) is 0 Å². The van der Waals surface area contributed by atoms with Crippen molar-refractivity contribution >= 4 is 23.7 Å². The van der Waals surface area contributed by atoms with E-state index in [1.807, 2.05) is 29.1 Å². The first-order chi connectivity index (χ1) is 11.7. The van der Waals surface area contributed by atoms with Crippen LogP contribution in [0.1, 0.15) is 32.8 Å². The van der Waals surface area contributed by atoms with E-state index in [9.17, 15) is 9.59 Å². The topological polar surface area (TPSA) is 103 Å². The summed E-state index contributed by atoms with van der Waals surface area (Å²) in [5, 5.41) is 11.2. The third-order valence-corrected chi connectivity index (χ3v) is 4.69. The molecule has 2 rings (SSSR count). The van der Waals surface area contributed by atoms with Crippen molar-refractivity contribution in [3.8, 4) is 11.4 Å². The second-order valence-corrected chi connectivity index (χ2v) is 7.77. The van der Waals surface area contributed by atoms with Gasteiger partial charge in [-0.15, -0.1) is 10.2 Å². The lowest BCUT2D eigenvalue weighted by Gasteiger charge is -2.19. The maximum Gasteiger partial charge on any atom is 0.318 e. The number of hydrogen-bond acceptors (Lipinski definition) is 5. The minimum atomic E-state index is -0.838. The molecule has 0 unspecified atom stereocenters. The zero-order valence-corrected chi connectivity index (χ0v) is 15.7. The number of imide groups is 1. The van der Waals surface area contributed by atoms with Crippen molar-refractivity contribution < 1.29 is 9.59 Å². The van der Waals surface area contributed by atoms with Gasteiger partial charge in [0.1, 0.15) is 0 Å². The highest BCUT2D eigenvalue weighted by atomic mass is 32.2. The van der Waals surface area contributed by atoms with Gasteiger partial charge in [0.2, 0.25) is 5.91 Å². The Hall–Kier alpha value is -2.35. The molecule has 0 saturated heterocycles. The standard InChI is InChI=1S/C17H23N5O2S/c1-17(2,3)12-7-5-11(6-8-12)14-20-21-16(22(14)4)25-10-9-13(23)19-15(18)24/h5-8H,9-10H2,1-4H3,(H3,18,19,23,24). The van der Waals surface area contributed by atoms with Crippen molar-refractivity contribution in [2.75, 3.05) is 5.75 Å². The molecular formula is C17H23N5O2S. The summed E-state index contributed by atoms with van der Waals surface area (Å²) in [6.45, 7) is 6.52. The summed E-state index contributed by atoms with van der Waals surface area (Å²) in [4.78, 5) is 22.0. The number of hydrogen-bond donors (Lipinski definition) is 2. The molecule has 1 aromatic heterocycles. The van der Waals surface area contributed by atoms with E-state index in [0.717, 1.165) is 11.4 Å². The SMILES string of the molecule is Cn1c(SCCC(=O)NC(N)=O)nnc1-c1ccc(C(C)(C)C)cc1. The van der Waals surface area contributed by atoms with Crippen molar-refractivity contribution in [2.45, 2.75) is 37.8 Å². The fourth-order valence-corrected chi connectivity index (χ4v) is 3.09. The van der Waals surface area contributed by atoms with Crippen LogP contribution in [-0.2, 0) is 17.3 Å². The Bertz CT molecular complexity index is 762. The van der Waals surface area contributed by atoms with Gasteiger partial charge in [-0.2, -0.15) is 0 Å². The summed E-state index contributed by atoms with van der Waals surface area (Å²) in [5.41, 5.74) is 7.25. The average molecular weight is 361 g/mol. The van der Waals surface area contributed by atoms with Gasteiger partial charge >= 0.3 is 6.03 Å². The maximum absolute atomic E-state index is 11.4. The van der Waals surface area contributed by atoms with Crippen LogP contribution in [-0.4, -0.2) is 32.5 Å². The molecule has 1 aromatic carbocycles. The highest BCUT2D eigenvalue weighted by Crippen LogP contribution is 2.27. The highest BCUT2D eigenvalue weighted by molar-refractivity contribution is 7.99. The Kier molecular flexibility index (Phi) is 5.84. The Morgan fingerprint density at radius 2 is 1.84 bits per heavy atom. The smallest absolute Gasteiger partial charge is 0.318 e. The quantitative estimate of drug-likeness (QED) is 0.796. The fourth-order valence-electron chi connectivity index (χ4n) is 2.25. The van der Waals surface area contributed by atoms with E-state index in [1.165, 1.54) is 17.3 Å². The van der Waals surface area contributed by atoms with Crippen molar-refractivity contribution in [1.29, 1.82) is 0 Å². The lowest BCUT2D eigenvalue weighted by molar-refractivity contribution is -0.119. The normalized spacial score (nSPS) is 11.4. The number of nitrogens with two attached hydrogens (primary N) is 1. The largest absolute Gasteiger partial charge is 0.351 e. The summed E-state index contributed by atoms with van der Waals surface area (Å²) in [6, 6.07) is 7.45. The molecule has 0 fully saturated rings. The molecule has 1 heterocycles. The molecular weight excluding hydrogens is 338 g/mol. The average Bonchev–Trinajstić information content (AvgIpc) is 2.87. The van der Waals surface area contributed by atoms with Crippen LogP contribution in [0.4, 0.5) is 4.79 Å². The number of benzene rings is 1. The number of amides is 3. The van der Waals surface area contributed by atoms with Gasteiger partial charge in [0.25, 0.3) is 0 Å². The van der Waals surface area contributed by atoms with E-state index in [-0.39, 0.29) is 11.8 Å². The number of carbonyl (C=O) groups is 2. The molecule has 3 amide bonds. The van der Waals surface area contributed by atoms with Crippen LogP contribution in [0.5, 0.6) is 0 Å². The van der Waals surface area contributed by atoms with Crippen LogP contribution >= 0.6 is 11.8 Å². The fraction of sp³-hybridized carbons (Fsp3) is 0.412. The number of aromatic nitrogens is 3. The summed E-state index contributed by atoms with van der Waals surface area (Å²) in [7, 11) is 1.89. The number of carbonyl (C=O) groups excluding carboxylic acids is 2. The lowest BCUT2D eigenvalue weighted by Crippen LogP contribution is -2.35. The Labute approximate surface area is 151 Å². The first-order valence-corrected chi connectivity index (χ1v) is 8.89. The van der Waals surface area contributed by atoms with Gasteiger partial charge in [0, 0.05) is 24.8 Å². The van der Waals surface area contributed by atoms with Gasteiger partial charge < -0.3 is 10.3 Å². The zero-order valence-electron chi connectivity index (χ0n) is 14.9. The van der Waals surface area contributed by atoms with E-state index in [2.05, 4.69) is 43.1 Å². The summed E-state index contributed by atoms with van der Waals surface area (Å²) >= 11 is 1.40. The van der Waals surface area contributed by atoms with E-state index < -0.39 is 11.9 Å². The van der Waals surface area contributed by atoms with Gasteiger partial charge in [0.15, 0.2) is 11.0 Å². The van der Waals surface area contributed by atoms with Crippen molar-refractivity contribution in [2.24, 2.45) is 12.8 Å². The van der Waals surface area contributed by atoms with Crippen molar-refractivity contribution in [1.82, 2.24) is 20.1 Å². The molecule has 0 atom stereocenters. The number of nitrogens with one attached hydrogen (secondary N) is 1. The van der Waals surface area contributed by atoms with Crippen LogP contribution in [0.25, 0.3) is 11.4 Å². The zero-order chi connectivity index (χ0) is 18.6. The van der Waals surface area contributed by atoms with Gasteiger partial charge in [-0.25, -0.2) is 4.79 Å². The maximum atomic E-state index is 11.4. The second kappa shape index (κ2) is 7.69. The molecule has 25 heavy (non-hydrogen) atoms. The minimum Gasteiger partial charge on any atom is -0.351 e. The van der Waals surface area contributed by atoms with Crippen LogP contribution in [0.15, 0.2) is 29.4 Å². The second-order valence-electron chi connectivity index (χ2n) is 6.70. The molecule has 134 valence electrons. The van der Waals surface area contributed by atoms with Crippen LogP contribution in [0.3, 0.4) is 0 Å². The van der Waals surface area contributed by atoms with Crippen LogP contribution in [0.2, 0.25) is 0 Å². The molecule has 0 aliphatic rings. The molecule has 0 aliphatic carbocycles. The van der Waals surface area contributed by atoms with Crippen molar-refractivity contribution in [3.05, 3.63) is 29.8 Å². The molecule has 8 heteroatoms. The molecule has 2 aromatic rings. The first kappa shape index (κ1) is 19.0. The third kappa shape index (κ3) is 5.06. The van der Waals surface area contributed by atoms with Crippen LogP contribution in [0, 0.1) is 0 Å². The van der Waals surface area contributed by atoms with Gasteiger partial charge in [-0.3, -0.25) is 10.1 Å². The third-order valence-electron chi connectivity index (χ3n) is 3.67. The summed E-state index contributed by atoms with van der Waals surface area (Å²) in [5.74, 6) is 0.846. The lowest BCUT2D eigenvalue weighted by atomic mass is 9.87. The molecule has 0 bridgehead atoms. The predicted octanol–water partition coefficient (Wildman–Crippen LogP) is 2.46. The molecule has 0 radical (unpaired) electrons. The summed E-state index contributed by atoms with van der Waals surface area (Å²) < 4.78 is 1.89. The van der Waals surface area contributed by atoms with E-state index in [0.29, 0.717) is 10.9 Å². The van der Waals surface area contributed by atoms with E-state index in [4.69, 9.17) is 5.73 Å². The Morgan fingerprint density at radius 1 is 1.20 bits per heavy atom. The Morgan fingerprint density at radius 3 is 2.40 bits per heavy atom. The molecule has 0 saturated carbocycles. The van der Waals surface area contributed by atoms with Crippen LogP contribution < -0.4 is 11.1 Å². The molecule has 3 N–H and O–H groups in total. The number of thioether (sulfide) groups is 1. The summed E-state index contributed by atoms with van der Waals surface area (Å²) in [6.07, 6.45) is 0.177. The van der Waals surface area contributed by atoms with Gasteiger partial charge in [-0.1, -0.05) is 56.8 Å². The minimum absolute atomic E-state index is 0.102. The molecule has 0 aliphatic heterocycles. The number of urea groups is 1. The molecule has 0 spiro atoms. The number of primary amides is 1. The number of rotatable bonds is 5. The number of nitrogens with zero attached hydrogens (tertiary/aromatic N) is 3. The monoisotopic (exact) mass is 361 g/mol. The Balaban J connectivity index is 2.03. The molecule has 7 nitrogen and oxygen atoms in total. The van der Waals surface area contributed by atoms with Gasteiger partial charge in [-0.05, 0) is 11.0 Å².